The van der Waals surface area contributed by atoms with Crippen LogP contribution in [0.2, 0.25) is 0 Å². The Bertz CT molecular complexity index is 455. The van der Waals surface area contributed by atoms with E-state index in [1.807, 2.05) is 0 Å². The highest BCUT2D eigenvalue weighted by molar-refractivity contribution is 5.90. The van der Waals surface area contributed by atoms with Crippen LogP contribution in [0.25, 0.3) is 0 Å². The number of carbonyl (C=O) groups is 1. The van der Waals surface area contributed by atoms with Gasteiger partial charge in [-0.3, -0.25) is 0 Å². The van der Waals surface area contributed by atoms with Crippen LogP contribution in [0.3, 0.4) is 0 Å². The van der Waals surface area contributed by atoms with Crippen LogP contribution in [0, 0.1) is 0 Å². The van der Waals surface area contributed by atoms with E-state index in [4.69, 9.17) is 9.84 Å². The third-order valence-corrected chi connectivity index (χ3v) is 2.79. The lowest BCUT2D eigenvalue weighted by molar-refractivity contribution is -0.138. The molecule has 0 aliphatic heterocycles. The zero-order valence-corrected chi connectivity index (χ0v) is 11.2. The number of alkyl halides is 3. The molecule has 0 aliphatic rings. The average Bonchev–Trinajstić information content (AvgIpc) is 2.37. The van der Waals surface area contributed by atoms with E-state index in [1.165, 1.54) is 0 Å². The van der Waals surface area contributed by atoms with E-state index in [0.29, 0.717) is 6.61 Å². The quantitative estimate of drug-likeness (QED) is 0.759. The fourth-order valence-corrected chi connectivity index (χ4v) is 1.76. The van der Waals surface area contributed by atoms with E-state index in [2.05, 4.69) is 6.92 Å². The second-order valence-electron chi connectivity index (χ2n) is 4.42. The SMILES string of the molecule is CCCCCCOc1ccc(C(F)(F)F)c(C(=O)O)c1. The van der Waals surface area contributed by atoms with Crippen LogP contribution in [0.4, 0.5) is 13.2 Å². The Balaban J connectivity index is 2.76. The van der Waals surface area contributed by atoms with Gasteiger partial charge < -0.3 is 9.84 Å². The number of ether oxygens (including phenoxy) is 1. The van der Waals surface area contributed by atoms with Gasteiger partial charge in [0.2, 0.25) is 0 Å². The molecule has 0 radical (unpaired) electrons. The molecule has 1 aromatic rings. The van der Waals surface area contributed by atoms with Crippen LogP contribution in [0.1, 0.15) is 48.5 Å². The first-order chi connectivity index (χ1) is 9.36. The molecule has 0 atom stereocenters. The maximum atomic E-state index is 12.6. The molecule has 20 heavy (non-hydrogen) atoms. The highest BCUT2D eigenvalue weighted by Crippen LogP contribution is 2.33. The predicted molar refractivity (Wildman–Crippen MR) is 68.0 cm³/mol. The third kappa shape index (κ3) is 4.75. The zero-order valence-electron chi connectivity index (χ0n) is 11.2. The van der Waals surface area contributed by atoms with Gasteiger partial charge in [-0.2, -0.15) is 13.2 Å². The van der Waals surface area contributed by atoms with Crippen molar-refractivity contribution in [3.8, 4) is 5.75 Å². The topological polar surface area (TPSA) is 46.5 Å². The minimum atomic E-state index is -4.69. The van der Waals surface area contributed by atoms with Gasteiger partial charge in [0.05, 0.1) is 17.7 Å². The second kappa shape index (κ2) is 7.17. The molecule has 1 aromatic carbocycles. The predicted octanol–water partition coefficient (Wildman–Crippen LogP) is 4.36. The van der Waals surface area contributed by atoms with E-state index in [0.717, 1.165) is 43.9 Å². The molecule has 0 fully saturated rings. The van der Waals surface area contributed by atoms with Gasteiger partial charge in [0.25, 0.3) is 0 Å². The van der Waals surface area contributed by atoms with Gasteiger partial charge >= 0.3 is 12.1 Å². The van der Waals surface area contributed by atoms with Crippen molar-refractivity contribution < 1.29 is 27.8 Å². The average molecular weight is 290 g/mol. The lowest BCUT2D eigenvalue weighted by Gasteiger charge is -2.12. The molecule has 1 N–H and O–H groups in total. The Morgan fingerprint density at radius 1 is 1.25 bits per heavy atom. The van der Waals surface area contributed by atoms with Crippen LogP contribution in [-0.2, 0) is 6.18 Å². The first-order valence-corrected chi connectivity index (χ1v) is 6.43. The number of hydrogen-bond donors (Lipinski definition) is 1. The van der Waals surface area contributed by atoms with Crippen molar-refractivity contribution in [2.24, 2.45) is 0 Å². The van der Waals surface area contributed by atoms with Gasteiger partial charge in [-0.05, 0) is 24.6 Å². The summed E-state index contributed by atoms with van der Waals surface area (Å²) in [5.74, 6) is -1.47. The zero-order chi connectivity index (χ0) is 15.2. The molecule has 6 heteroatoms. The van der Waals surface area contributed by atoms with Crippen LogP contribution in [0.5, 0.6) is 5.75 Å². The van der Waals surface area contributed by atoms with Crippen LogP contribution < -0.4 is 4.74 Å². The Kier molecular flexibility index (Phi) is 5.85. The first-order valence-electron chi connectivity index (χ1n) is 6.43. The normalized spacial score (nSPS) is 11.4. The summed E-state index contributed by atoms with van der Waals surface area (Å²) in [6, 6.07) is 2.81. The van der Waals surface area contributed by atoms with Crippen molar-refractivity contribution in [1.82, 2.24) is 0 Å². The molecule has 0 bridgehead atoms. The Morgan fingerprint density at radius 3 is 2.50 bits per heavy atom. The Hall–Kier alpha value is -1.72. The maximum absolute atomic E-state index is 12.6. The minimum absolute atomic E-state index is 0.145. The van der Waals surface area contributed by atoms with Crippen LogP contribution in [0.15, 0.2) is 18.2 Å². The molecule has 0 saturated carbocycles. The number of carboxylic acids is 1. The molecule has 0 saturated heterocycles. The molecule has 0 heterocycles. The lowest BCUT2D eigenvalue weighted by Crippen LogP contribution is -2.13. The van der Waals surface area contributed by atoms with Crippen molar-refractivity contribution in [1.29, 1.82) is 0 Å². The molecular weight excluding hydrogens is 273 g/mol. The lowest BCUT2D eigenvalue weighted by atomic mass is 10.1. The molecule has 0 unspecified atom stereocenters. The maximum Gasteiger partial charge on any atom is 0.417 e. The van der Waals surface area contributed by atoms with Crippen molar-refractivity contribution in [3.63, 3.8) is 0 Å². The van der Waals surface area contributed by atoms with Crippen molar-refractivity contribution in [2.75, 3.05) is 6.61 Å². The van der Waals surface area contributed by atoms with Gasteiger partial charge in [-0.1, -0.05) is 26.2 Å². The molecule has 112 valence electrons. The fourth-order valence-electron chi connectivity index (χ4n) is 1.76. The third-order valence-electron chi connectivity index (χ3n) is 2.79. The largest absolute Gasteiger partial charge is 0.494 e. The van der Waals surface area contributed by atoms with E-state index >= 15 is 0 Å². The van der Waals surface area contributed by atoms with Gasteiger partial charge in [0.1, 0.15) is 5.75 Å². The number of rotatable bonds is 7. The first kappa shape index (κ1) is 16.3. The number of hydrogen-bond acceptors (Lipinski definition) is 2. The van der Waals surface area contributed by atoms with Gasteiger partial charge in [-0.25, -0.2) is 4.79 Å². The summed E-state index contributed by atoms with van der Waals surface area (Å²) in [5.41, 5.74) is -1.95. The van der Waals surface area contributed by atoms with E-state index in [9.17, 15) is 18.0 Å². The summed E-state index contributed by atoms with van der Waals surface area (Å²) in [6.07, 6.45) is -0.784. The second-order valence-corrected chi connectivity index (χ2v) is 4.42. The van der Waals surface area contributed by atoms with Gasteiger partial charge in [0, 0.05) is 0 Å². The van der Waals surface area contributed by atoms with Crippen LogP contribution in [-0.4, -0.2) is 17.7 Å². The number of aromatic carboxylic acids is 1. The number of benzene rings is 1. The van der Waals surface area contributed by atoms with Crippen LogP contribution >= 0.6 is 0 Å². The fraction of sp³-hybridized carbons (Fsp3) is 0.500. The number of carboxylic acid groups (broad SMARTS) is 1. The molecule has 0 aromatic heterocycles. The molecule has 3 nitrogen and oxygen atoms in total. The summed E-state index contributed by atoms with van der Waals surface area (Å²) in [4.78, 5) is 10.9. The Labute approximate surface area is 115 Å². The Morgan fingerprint density at radius 2 is 1.95 bits per heavy atom. The van der Waals surface area contributed by atoms with Gasteiger partial charge in [0.15, 0.2) is 0 Å². The van der Waals surface area contributed by atoms with E-state index in [-0.39, 0.29) is 5.75 Å². The van der Waals surface area contributed by atoms with Gasteiger partial charge in [-0.15, -0.1) is 0 Å². The van der Waals surface area contributed by atoms with E-state index < -0.39 is 23.3 Å². The van der Waals surface area contributed by atoms with Crippen molar-refractivity contribution in [2.45, 2.75) is 38.8 Å². The van der Waals surface area contributed by atoms with Crippen molar-refractivity contribution in [3.05, 3.63) is 29.3 Å². The monoisotopic (exact) mass is 290 g/mol. The number of unbranched alkanes of at least 4 members (excludes halogenated alkanes) is 3. The molecular formula is C14H17F3O3. The summed E-state index contributed by atoms with van der Waals surface area (Å²) in [5, 5.41) is 8.84. The molecule has 1 rings (SSSR count). The smallest absolute Gasteiger partial charge is 0.417 e. The number of halogens is 3. The molecule has 0 amide bonds. The molecule has 0 aliphatic carbocycles. The standard InChI is InChI=1S/C14H17F3O3/c1-2-3-4-5-8-20-10-6-7-12(14(15,16)17)11(9-10)13(18)19/h6-7,9H,2-5,8H2,1H3,(H,18,19). The summed E-state index contributed by atoms with van der Waals surface area (Å²) in [6.45, 7) is 2.43. The van der Waals surface area contributed by atoms with E-state index in [1.54, 1.807) is 0 Å². The summed E-state index contributed by atoms with van der Waals surface area (Å²) in [7, 11) is 0. The highest BCUT2D eigenvalue weighted by atomic mass is 19.4. The minimum Gasteiger partial charge on any atom is -0.494 e. The summed E-state index contributed by atoms with van der Waals surface area (Å²) < 4.78 is 43.2. The molecule has 0 spiro atoms. The van der Waals surface area contributed by atoms with Crippen molar-refractivity contribution >= 4 is 5.97 Å². The summed E-state index contributed by atoms with van der Waals surface area (Å²) >= 11 is 0. The highest BCUT2D eigenvalue weighted by Gasteiger charge is 2.35.